The summed E-state index contributed by atoms with van der Waals surface area (Å²) in [6.45, 7) is 3.96. The molecule has 1 heteroatoms. The van der Waals surface area contributed by atoms with E-state index in [0.29, 0.717) is 0 Å². The highest BCUT2D eigenvalue weighted by molar-refractivity contribution is 5.24. The first-order chi connectivity index (χ1) is 4.13. The Kier molecular flexibility index (Phi) is 1.45. The molecule has 0 fully saturated rings. The van der Waals surface area contributed by atoms with Gasteiger partial charge in [-0.05, 0) is 6.92 Å². The Morgan fingerprint density at radius 1 is 1.67 bits per heavy atom. The van der Waals surface area contributed by atoms with Crippen LogP contribution in [0.3, 0.4) is 0 Å². The first-order valence-electron chi connectivity index (χ1n) is 3.22. The van der Waals surface area contributed by atoms with Crippen LogP contribution >= 0.6 is 0 Å². The summed E-state index contributed by atoms with van der Waals surface area (Å²) in [4.78, 5) is 0. The van der Waals surface area contributed by atoms with Crippen molar-refractivity contribution in [2.24, 2.45) is 0 Å². The maximum atomic E-state index is 7.71. The van der Waals surface area contributed by atoms with Crippen LogP contribution in [0.1, 0.15) is 20.3 Å². The predicted molar refractivity (Wildman–Crippen MR) is 39.5 cm³/mol. The molecule has 1 aliphatic carbocycles. The van der Waals surface area contributed by atoms with E-state index in [9.17, 15) is 0 Å². The van der Waals surface area contributed by atoms with Crippen molar-refractivity contribution in [2.45, 2.75) is 25.9 Å². The fourth-order valence-electron chi connectivity index (χ4n) is 0.861. The van der Waals surface area contributed by atoms with Gasteiger partial charge >= 0.3 is 0 Å². The minimum absolute atomic E-state index is 0.339. The Morgan fingerprint density at radius 3 is 2.67 bits per heavy atom. The molecule has 0 radical (unpaired) electrons. The molecule has 0 heterocycles. The minimum atomic E-state index is -0.339. The smallest absolute Gasteiger partial charge is 0.186 e. The summed E-state index contributed by atoms with van der Waals surface area (Å²) in [5, 5.41) is 7.71. The molecule has 1 unspecified atom stereocenters. The van der Waals surface area contributed by atoms with Crippen LogP contribution in [0.2, 0.25) is 0 Å². The zero-order valence-corrected chi connectivity index (χ0v) is 5.94. The van der Waals surface area contributed by atoms with Gasteiger partial charge in [0.1, 0.15) is 0 Å². The van der Waals surface area contributed by atoms with Gasteiger partial charge in [-0.3, -0.25) is 0 Å². The lowest BCUT2D eigenvalue weighted by atomic mass is 9.90. The minimum Gasteiger partial charge on any atom is -0.438 e. The Labute approximate surface area is 55.7 Å². The summed E-state index contributed by atoms with van der Waals surface area (Å²) in [6.07, 6.45) is 6.93. The van der Waals surface area contributed by atoms with Crippen molar-refractivity contribution >= 4 is 0 Å². The molecular formula is C8H13O+. The third kappa shape index (κ3) is 1.22. The van der Waals surface area contributed by atoms with Crippen LogP contribution in [-0.2, 0) is 0 Å². The summed E-state index contributed by atoms with van der Waals surface area (Å²) in [5.41, 5.74) is 0.819. The topological polar surface area (TPSA) is 22.9 Å². The largest absolute Gasteiger partial charge is 0.438 e. The number of hydrogen-bond donors (Lipinski definition) is 0. The first kappa shape index (κ1) is 6.56. The number of allylic oxidation sites excluding steroid dienone is 2. The first-order valence-corrected chi connectivity index (χ1v) is 3.22. The van der Waals surface area contributed by atoms with Gasteiger partial charge in [0, 0.05) is 18.9 Å². The predicted octanol–water partition coefficient (Wildman–Crippen LogP) is 1.38. The van der Waals surface area contributed by atoms with E-state index in [4.69, 9.17) is 5.11 Å². The van der Waals surface area contributed by atoms with E-state index in [2.05, 4.69) is 0 Å². The molecular weight excluding hydrogens is 112 g/mol. The van der Waals surface area contributed by atoms with Crippen molar-refractivity contribution in [1.82, 2.24) is 0 Å². The summed E-state index contributed by atoms with van der Waals surface area (Å²) in [7, 11) is 0. The van der Waals surface area contributed by atoms with Crippen molar-refractivity contribution in [3.63, 3.8) is 0 Å². The van der Waals surface area contributed by atoms with Gasteiger partial charge < -0.3 is 5.11 Å². The van der Waals surface area contributed by atoms with Gasteiger partial charge in [0.2, 0.25) is 0 Å². The van der Waals surface area contributed by atoms with Crippen molar-refractivity contribution in [2.75, 3.05) is 0 Å². The van der Waals surface area contributed by atoms with Crippen LogP contribution < -0.4 is 0 Å². The zero-order valence-electron chi connectivity index (χ0n) is 5.94. The maximum Gasteiger partial charge on any atom is 0.186 e. The third-order valence-corrected chi connectivity index (χ3v) is 1.88. The van der Waals surface area contributed by atoms with E-state index < -0.39 is 0 Å². The van der Waals surface area contributed by atoms with Crippen LogP contribution in [0.25, 0.3) is 0 Å². The second-order valence-electron chi connectivity index (χ2n) is 2.81. The van der Waals surface area contributed by atoms with E-state index in [-0.39, 0.29) is 5.60 Å². The van der Waals surface area contributed by atoms with Crippen molar-refractivity contribution in [3.05, 3.63) is 23.8 Å². The molecule has 0 aromatic carbocycles. The Bertz CT molecular complexity index is 163. The normalized spacial score (nSPS) is 34.3. The second-order valence-corrected chi connectivity index (χ2v) is 2.81. The standard InChI is InChI=1S/C8H12O/c1-7-5-3-4-6-8(7,2)9/h3-5,9H,6H2,1-2H3/p+1. The molecule has 0 saturated carbocycles. The Hall–Kier alpha value is -0.560. The van der Waals surface area contributed by atoms with Gasteiger partial charge in [-0.2, -0.15) is 0 Å². The quantitative estimate of drug-likeness (QED) is 0.436. The molecule has 0 aliphatic heterocycles. The summed E-state index contributed by atoms with van der Waals surface area (Å²) < 4.78 is 0. The lowest BCUT2D eigenvalue weighted by Gasteiger charge is -2.19. The van der Waals surface area contributed by atoms with Crippen LogP contribution in [-0.4, -0.2) is 10.7 Å². The highest BCUT2D eigenvalue weighted by atomic mass is 16.3. The van der Waals surface area contributed by atoms with E-state index in [1.807, 2.05) is 32.1 Å². The average Bonchev–Trinajstić information content (AvgIpc) is 1.77. The van der Waals surface area contributed by atoms with Crippen molar-refractivity contribution in [1.29, 1.82) is 0 Å². The summed E-state index contributed by atoms with van der Waals surface area (Å²) >= 11 is 0. The van der Waals surface area contributed by atoms with E-state index in [1.54, 1.807) is 0 Å². The summed E-state index contributed by atoms with van der Waals surface area (Å²) in [5.74, 6) is 0. The molecule has 50 valence electrons. The lowest BCUT2D eigenvalue weighted by molar-refractivity contribution is 0.101. The zero-order chi connectivity index (χ0) is 6.91. The molecule has 9 heavy (non-hydrogen) atoms. The van der Waals surface area contributed by atoms with Crippen molar-refractivity contribution < 1.29 is 5.11 Å². The average molecular weight is 125 g/mol. The van der Waals surface area contributed by atoms with Gasteiger partial charge in [0.15, 0.2) is 5.60 Å². The number of rotatable bonds is 0. The lowest BCUT2D eigenvalue weighted by Crippen LogP contribution is -2.25. The van der Waals surface area contributed by atoms with Gasteiger partial charge in [0.25, 0.3) is 0 Å². The van der Waals surface area contributed by atoms with E-state index in [1.165, 1.54) is 0 Å². The van der Waals surface area contributed by atoms with E-state index >= 15 is 0 Å². The highest BCUT2D eigenvalue weighted by Gasteiger charge is 2.27. The van der Waals surface area contributed by atoms with Crippen LogP contribution in [0.15, 0.2) is 23.8 Å². The fourth-order valence-corrected chi connectivity index (χ4v) is 0.861. The molecule has 0 aromatic heterocycles. The highest BCUT2D eigenvalue weighted by Crippen LogP contribution is 2.23. The molecule has 1 nitrogen and oxygen atoms in total. The third-order valence-electron chi connectivity index (χ3n) is 1.88. The maximum absolute atomic E-state index is 7.71. The van der Waals surface area contributed by atoms with Gasteiger partial charge in [-0.25, -0.2) is 0 Å². The van der Waals surface area contributed by atoms with Crippen LogP contribution in [0.5, 0.6) is 0 Å². The SMILES string of the molecule is CC1=CC=CCC1(C)[OH2+]. The molecule has 0 spiro atoms. The molecule has 1 aliphatic rings. The Morgan fingerprint density at radius 2 is 2.33 bits per heavy atom. The van der Waals surface area contributed by atoms with E-state index in [0.717, 1.165) is 12.0 Å². The number of hydrogen-bond acceptors (Lipinski definition) is 0. The molecule has 0 amide bonds. The van der Waals surface area contributed by atoms with Crippen LogP contribution in [0.4, 0.5) is 0 Å². The second kappa shape index (κ2) is 1.99. The molecule has 0 bridgehead atoms. The molecule has 1 atom stereocenters. The van der Waals surface area contributed by atoms with Gasteiger partial charge in [-0.1, -0.05) is 18.2 Å². The Balaban J connectivity index is 2.83. The summed E-state index contributed by atoms with van der Waals surface area (Å²) in [6, 6.07) is 0. The monoisotopic (exact) mass is 125 g/mol. The molecule has 0 aromatic rings. The van der Waals surface area contributed by atoms with Crippen LogP contribution in [0, 0.1) is 0 Å². The molecule has 0 saturated heterocycles. The fraction of sp³-hybridized carbons (Fsp3) is 0.500. The molecule has 1 rings (SSSR count). The molecule has 2 N–H and O–H groups in total. The van der Waals surface area contributed by atoms with Gasteiger partial charge in [-0.15, -0.1) is 0 Å². The van der Waals surface area contributed by atoms with Gasteiger partial charge in [0.05, 0.1) is 0 Å². The van der Waals surface area contributed by atoms with Crippen molar-refractivity contribution in [3.8, 4) is 0 Å².